The summed E-state index contributed by atoms with van der Waals surface area (Å²) in [6.45, 7) is 9.70. The third-order valence-electron chi connectivity index (χ3n) is 6.49. The number of rotatable bonds is 6. The Hall–Kier alpha value is -2.49. The average molecular weight is 502 g/mol. The number of hydrogen-bond donors (Lipinski definition) is 1. The highest BCUT2D eigenvalue weighted by Gasteiger charge is 2.49. The van der Waals surface area contributed by atoms with Crippen molar-refractivity contribution in [1.29, 1.82) is 0 Å². The van der Waals surface area contributed by atoms with E-state index >= 15 is 0 Å². The second-order valence-electron chi connectivity index (χ2n) is 10.2. The summed E-state index contributed by atoms with van der Waals surface area (Å²) in [5.74, 6) is 0.114. The zero-order valence-corrected chi connectivity index (χ0v) is 21.1. The number of allylic oxidation sites excluding steroid dienone is 2. The molecule has 0 aromatic carbocycles. The fourth-order valence-corrected chi connectivity index (χ4v) is 4.96. The van der Waals surface area contributed by atoms with Crippen LogP contribution in [-0.4, -0.2) is 53.4 Å². The Morgan fingerprint density at radius 2 is 1.83 bits per heavy atom. The highest BCUT2D eigenvalue weighted by Crippen LogP contribution is 2.43. The summed E-state index contributed by atoms with van der Waals surface area (Å²) in [5.41, 5.74) is -1.42. The number of carbonyl (C=O) groups is 1. The number of alkyl halides is 4. The van der Waals surface area contributed by atoms with Gasteiger partial charge in [0.25, 0.3) is 5.91 Å². The second kappa shape index (κ2) is 9.87. The monoisotopic (exact) mass is 501 g/mol. The van der Waals surface area contributed by atoms with Crippen molar-refractivity contribution in [2.45, 2.75) is 83.5 Å². The van der Waals surface area contributed by atoms with E-state index in [9.17, 15) is 22.4 Å². The van der Waals surface area contributed by atoms with E-state index in [1.54, 1.807) is 6.92 Å². The summed E-state index contributed by atoms with van der Waals surface area (Å²) >= 11 is 0. The van der Waals surface area contributed by atoms with Crippen LogP contribution in [-0.2, 0) is 32.5 Å². The summed E-state index contributed by atoms with van der Waals surface area (Å²) in [6.07, 6.45) is -3.20. The standard InChI is InChI=1S/C25H35F4N3O3/c1-16(2)35-19(17(3)34-6)8-7-18(26)22(33)31-13-11-24(12-14-31)20-9-10-21(25(27,28)29)32(20)15-23(4,5)30-24/h7-10,16,18,30H,11-15H2,1-6H3. The Balaban J connectivity index is 1.75. The lowest BCUT2D eigenvalue weighted by Gasteiger charge is -2.51. The quantitative estimate of drug-likeness (QED) is 0.342. The fourth-order valence-electron chi connectivity index (χ4n) is 4.96. The normalized spacial score (nSPS) is 21.2. The SMILES string of the molecule is COC(C)=C(C=CC(F)C(=O)N1CCC2(CC1)NC(C)(C)Cn1c(C(F)(F)F)ccc12)OC(C)C. The van der Waals surface area contributed by atoms with Crippen LogP contribution in [0.15, 0.2) is 35.8 Å². The summed E-state index contributed by atoms with van der Waals surface area (Å²) in [4.78, 5) is 14.2. The number of amides is 1. The summed E-state index contributed by atoms with van der Waals surface area (Å²) < 4.78 is 67.7. The van der Waals surface area contributed by atoms with Crippen molar-refractivity contribution in [2.24, 2.45) is 0 Å². The molecule has 0 saturated carbocycles. The number of ether oxygens (including phenoxy) is 2. The van der Waals surface area contributed by atoms with Crippen LogP contribution in [0.1, 0.15) is 58.8 Å². The van der Waals surface area contributed by atoms with E-state index in [1.807, 2.05) is 27.7 Å². The Morgan fingerprint density at radius 1 is 1.20 bits per heavy atom. The molecule has 10 heteroatoms. The lowest BCUT2D eigenvalue weighted by atomic mass is 9.79. The number of carbonyl (C=O) groups excluding carboxylic acids is 1. The predicted molar refractivity (Wildman–Crippen MR) is 124 cm³/mol. The number of methoxy groups -OCH3 is 1. The topological polar surface area (TPSA) is 55.7 Å². The van der Waals surface area contributed by atoms with Gasteiger partial charge < -0.3 is 18.9 Å². The molecule has 2 aliphatic heterocycles. The van der Waals surface area contributed by atoms with E-state index in [0.29, 0.717) is 30.1 Å². The van der Waals surface area contributed by atoms with Crippen molar-refractivity contribution in [2.75, 3.05) is 20.2 Å². The molecule has 196 valence electrons. The molecule has 35 heavy (non-hydrogen) atoms. The molecule has 0 bridgehead atoms. The summed E-state index contributed by atoms with van der Waals surface area (Å²) in [7, 11) is 1.48. The average Bonchev–Trinajstić information content (AvgIpc) is 3.19. The van der Waals surface area contributed by atoms with Gasteiger partial charge in [-0.1, -0.05) is 0 Å². The highest BCUT2D eigenvalue weighted by atomic mass is 19.4. The van der Waals surface area contributed by atoms with Gasteiger partial charge >= 0.3 is 6.18 Å². The van der Waals surface area contributed by atoms with Gasteiger partial charge in [0.15, 0.2) is 11.9 Å². The van der Waals surface area contributed by atoms with Crippen LogP contribution >= 0.6 is 0 Å². The molecule has 6 nitrogen and oxygen atoms in total. The number of nitrogens with zero attached hydrogens (tertiary/aromatic N) is 2. The van der Waals surface area contributed by atoms with E-state index in [-0.39, 0.29) is 25.7 Å². The molecule has 1 fully saturated rings. The first kappa shape index (κ1) is 27.1. The molecule has 1 N–H and O–H groups in total. The van der Waals surface area contributed by atoms with Crippen molar-refractivity contribution < 1.29 is 31.8 Å². The van der Waals surface area contributed by atoms with Crippen LogP contribution in [0.2, 0.25) is 0 Å². The van der Waals surface area contributed by atoms with E-state index in [4.69, 9.17) is 9.47 Å². The predicted octanol–water partition coefficient (Wildman–Crippen LogP) is 4.90. The van der Waals surface area contributed by atoms with Gasteiger partial charge in [-0.15, -0.1) is 0 Å². The maximum atomic E-state index is 14.8. The molecule has 1 unspecified atom stereocenters. The minimum Gasteiger partial charge on any atom is -0.498 e. The molecule has 1 atom stereocenters. The van der Waals surface area contributed by atoms with E-state index in [1.165, 1.54) is 28.7 Å². The number of likely N-dealkylation sites (tertiary alicyclic amines) is 1. The first-order valence-electron chi connectivity index (χ1n) is 11.8. The largest absolute Gasteiger partial charge is 0.498 e. The van der Waals surface area contributed by atoms with Crippen LogP contribution < -0.4 is 5.32 Å². The van der Waals surface area contributed by atoms with Crippen molar-refractivity contribution in [3.63, 3.8) is 0 Å². The molecule has 1 amide bonds. The van der Waals surface area contributed by atoms with Crippen molar-refractivity contribution in [3.8, 4) is 0 Å². The van der Waals surface area contributed by atoms with Crippen molar-refractivity contribution >= 4 is 5.91 Å². The van der Waals surface area contributed by atoms with Crippen molar-refractivity contribution in [1.82, 2.24) is 14.8 Å². The van der Waals surface area contributed by atoms with Crippen LogP contribution in [0.5, 0.6) is 0 Å². The molecule has 0 radical (unpaired) electrons. The molecule has 1 spiro atoms. The molecule has 1 saturated heterocycles. The number of fused-ring (bicyclic) bond motifs is 2. The van der Waals surface area contributed by atoms with Crippen LogP contribution in [0.25, 0.3) is 0 Å². The van der Waals surface area contributed by atoms with Gasteiger partial charge in [-0.25, -0.2) is 4.39 Å². The van der Waals surface area contributed by atoms with E-state index in [0.717, 1.165) is 12.1 Å². The van der Waals surface area contributed by atoms with Crippen LogP contribution in [0.3, 0.4) is 0 Å². The minimum absolute atomic E-state index is 0.157. The molecular formula is C25H35F4N3O3. The first-order valence-corrected chi connectivity index (χ1v) is 11.8. The molecule has 0 aliphatic carbocycles. The maximum Gasteiger partial charge on any atom is 0.431 e. The van der Waals surface area contributed by atoms with Crippen molar-refractivity contribution in [3.05, 3.63) is 47.2 Å². The van der Waals surface area contributed by atoms with Gasteiger partial charge in [0, 0.05) is 30.9 Å². The highest BCUT2D eigenvalue weighted by molar-refractivity contribution is 5.82. The van der Waals surface area contributed by atoms with Crippen LogP contribution in [0.4, 0.5) is 17.6 Å². The van der Waals surface area contributed by atoms with Gasteiger partial charge in [0.05, 0.1) is 18.8 Å². The maximum absolute atomic E-state index is 14.8. The summed E-state index contributed by atoms with van der Waals surface area (Å²) in [6, 6.07) is 2.64. The zero-order chi connectivity index (χ0) is 26.2. The Morgan fingerprint density at radius 3 is 2.37 bits per heavy atom. The van der Waals surface area contributed by atoms with Gasteiger partial charge in [-0.3, -0.25) is 10.1 Å². The lowest BCUT2D eigenvalue weighted by molar-refractivity contribution is -0.144. The molecule has 3 heterocycles. The number of piperidine rings is 1. The minimum atomic E-state index is -4.45. The Labute approximate surface area is 203 Å². The van der Waals surface area contributed by atoms with E-state index in [2.05, 4.69) is 5.32 Å². The number of nitrogens with one attached hydrogen (secondary N) is 1. The number of hydrogen-bond acceptors (Lipinski definition) is 4. The third-order valence-corrected chi connectivity index (χ3v) is 6.49. The molecule has 2 aliphatic rings. The Bertz CT molecular complexity index is 987. The van der Waals surface area contributed by atoms with Crippen LogP contribution in [0, 0.1) is 0 Å². The fraction of sp³-hybridized carbons (Fsp3) is 0.640. The lowest BCUT2D eigenvalue weighted by Crippen LogP contribution is -2.63. The molecule has 3 rings (SSSR count). The smallest absolute Gasteiger partial charge is 0.431 e. The van der Waals surface area contributed by atoms with E-state index < -0.39 is 35.0 Å². The van der Waals surface area contributed by atoms with Gasteiger partial charge in [-0.2, -0.15) is 13.2 Å². The number of halogens is 4. The number of aromatic nitrogens is 1. The molecular weight excluding hydrogens is 466 g/mol. The summed E-state index contributed by atoms with van der Waals surface area (Å²) in [5, 5.41) is 3.52. The van der Waals surface area contributed by atoms with Gasteiger partial charge in [-0.05, 0) is 71.7 Å². The second-order valence-corrected chi connectivity index (χ2v) is 10.2. The molecule has 1 aromatic rings. The zero-order valence-electron chi connectivity index (χ0n) is 21.1. The Kier molecular flexibility index (Phi) is 7.64. The van der Waals surface area contributed by atoms with Gasteiger partial charge in [0.1, 0.15) is 11.5 Å². The molecule has 1 aromatic heterocycles. The first-order chi connectivity index (χ1) is 16.2. The third kappa shape index (κ3) is 5.85. The van der Waals surface area contributed by atoms with Gasteiger partial charge in [0.2, 0.25) is 0 Å².